The van der Waals surface area contributed by atoms with Gasteiger partial charge in [0.05, 0.1) is 11.0 Å². The van der Waals surface area contributed by atoms with E-state index in [-0.39, 0.29) is 17.5 Å². The zero-order valence-electron chi connectivity index (χ0n) is 12.1. The summed E-state index contributed by atoms with van der Waals surface area (Å²) in [6.07, 6.45) is 0.728. The fourth-order valence-electron chi connectivity index (χ4n) is 2.68. The number of amides is 1. The van der Waals surface area contributed by atoms with Gasteiger partial charge in [-0.15, -0.1) is 0 Å². The van der Waals surface area contributed by atoms with Gasteiger partial charge in [0.25, 0.3) is 0 Å². The number of halogens is 1. The molecule has 3 N–H and O–H groups in total. The average Bonchev–Trinajstić information content (AvgIpc) is 2.88. The Morgan fingerprint density at radius 1 is 1.43 bits per heavy atom. The predicted molar refractivity (Wildman–Crippen MR) is 76.7 cm³/mol. The first-order valence-corrected chi connectivity index (χ1v) is 6.92. The number of carboxylic acid groups (broad SMARTS) is 1. The van der Waals surface area contributed by atoms with Crippen LogP contribution >= 0.6 is 0 Å². The van der Waals surface area contributed by atoms with Gasteiger partial charge >= 0.3 is 5.97 Å². The Labute approximate surface area is 122 Å². The minimum Gasteiger partial charge on any atom is -0.478 e. The van der Waals surface area contributed by atoms with Crippen LogP contribution in [0.5, 0.6) is 0 Å². The summed E-state index contributed by atoms with van der Waals surface area (Å²) in [5.74, 6) is -2.20. The zero-order valence-corrected chi connectivity index (χ0v) is 12.1. The third-order valence-electron chi connectivity index (χ3n) is 4.20. The standard InChI is InChI=1S/C15H19FN2O3/c1-9(2)15(5-6-17-8-15)14(21)18-10-3-4-11(13(19)20)12(16)7-10/h3-4,7,9,17H,5-6,8H2,1-2H3,(H,18,21)(H,19,20). The van der Waals surface area contributed by atoms with Crippen LogP contribution in [-0.4, -0.2) is 30.1 Å². The molecule has 0 saturated carbocycles. The van der Waals surface area contributed by atoms with Crippen LogP contribution in [0.2, 0.25) is 0 Å². The highest BCUT2D eigenvalue weighted by Crippen LogP contribution is 2.35. The van der Waals surface area contributed by atoms with Crippen LogP contribution in [0, 0.1) is 17.2 Å². The van der Waals surface area contributed by atoms with Gasteiger partial charge in [-0.05, 0) is 37.1 Å². The second-order valence-corrected chi connectivity index (χ2v) is 5.69. The number of hydrogen-bond acceptors (Lipinski definition) is 3. The molecule has 1 aromatic carbocycles. The number of benzene rings is 1. The van der Waals surface area contributed by atoms with Crippen molar-refractivity contribution in [1.29, 1.82) is 0 Å². The smallest absolute Gasteiger partial charge is 0.338 e. The lowest BCUT2D eigenvalue weighted by atomic mass is 9.75. The molecular weight excluding hydrogens is 275 g/mol. The first-order chi connectivity index (χ1) is 9.86. The quantitative estimate of drug-likeness (QED) is 0.794. The van der Waals surface area contributed by atoms with Crippen LogP contribution in [0.15, 0.2) is 18.2 Å². The van der Waals surface area contributed by atoms with Crippen molar-refractivity contribution in [2.24, 2.45) is 11.3 Å². The Kier molecular flexibility index (Phi) is 4.27. The molecule has 1 aliphatic heterocycles. The van der Waals surface area contributed by atoms with Crippen molar-refractivity contribution < 1.29 is 19.1 Å². The lowest BCUT2D eigenvalue weighted by Gasteiger charge is -2.31. The van der Waals surface area contributed by atoms with Crippen LogP contribution < -0.4 is 10.6 Å². The van der Waals surface area contributed by atoms with E-state index in [9.17, 15) is 14.0 Å². The van der Waals surface area contributed by atoms with Crippen molar-refractivity contribution in [1.82, 2.24) is 5.32 Å². The molecule has 1 amide bonds. The molecule has 1 saturated heterocycles. The molecule has 1 fully saturated rings. The minimum absolute atomic E-state index is 0.149. The van der Waals surface area contributed by atoms with E-state index >= 15 is 0 Å². The molecule has 5 nitrogen and oxygen atoms in total. The molecule has 0 bridgehead atoms. The van der Waals surface area contributed by atoms with Crippen LogP contribution in [0.1, 0.15) is 30.6 Å². The second kappa shape index (κ2) is 5.81. The molecule has 0 aromatic heterocycles. The molecule has 1 atom stereocenters. The Hall–Kier alpha value is -1.95. The number of rotatable bonds is 4. The lowest BCUT2D eigenvalue weighted by Crippen LogP contribution is -2.42. The molecule has 0 aliphatic carbocycles. The van der Waals surface area contributed by atoms with Gasteiger partial charge in [0.2, 0.25) is 5.91 Å². The Morgan fingerprint density at radius 3 is 2.62 bits per heavy atom. The molecule has 1 aromatic rings. The number of carboxylic acids is 1. The van der Waals surface area contributed by atoms with Crippen LogP contribution in [0.3, 0.4) is 0 Å². The topological polar surface area (TPSA) is 78.4 Å². The van der Waals surface area contributed by atoms with Gasteiger partial charge in [-0.2, -0.15) is 0 Å². The van der Waals surface area contributed by atoms with Crippen LogP contribution in [0.25, 0.3) is 0 Å². The molecule has 1 heterocycles. The highest BCUT2D eigenvalue weighted by atomic mass is 19.1. The lowest BCUT2D eigenvalue weighted by molar-refractivity contribution is -0.126. The first-order valence-electron chi connectivity index (χ1n) is 6.92. The fraction of sp³-hybridized carbons (Fsp3) is 0.467. The molecule has 114 valence electrons. The summed E-state index contributed by atoms with van der Waals surface area (Å²) in [7, 11) is 0. The largest absolute Gasteiger partial charge is 0.478 e. The maximum absolute atomic E-state index is 13.6. The maximum Gasteiger partial charge on any atom is 0.338 e. The van der Waals surface area contributed by atoms with Crippen molar-refractivity contribution in [2.45, 2.75) is 20.3 Å². The molecule has 0 spiro atoms. The molecule has 1 unspecified atom stereocenters. The first kappa shape index (κ1) is 15.4. The van der Waals surface area contributed by atoms with E-state index in [2.05, 4.69) is 10.6 Å². The summed E-state index contributed by atoms with van der Waals surface area (Å²) in [6.45, 7) is 5.34. The Balaban J connectivity index is 2.19. The van der Waals surface area contributed by atoms with Gasteiger partial charge < -0.3 is 15.7 Å². The number of anilines is 1. The van der Waals surface area contributed by atoms with Crippen molar-refractivity contribution >= 4 is 17.6 Å². The van der Waals surface area contributed by atoms with E-state index in [1.54, 1.807) is 0 Å². The number of hydrogen-bond donors (Lipinski definition) is 3. The summed E-state index contributed by atoms with van der Waals surface area (Å²) in [5.41, 5.74) is -0.648. The number of carbonyl (C=O) groups excluding carboxylic acids is 1. The van der Waals surface area contributed by atoms with E-state index in [4.69, 9.17) is 5.11 Å². The fourth-order valence-corrected chi connectivity index (χ4v) is 2.68. The van der Waals surface area contributed by atoms with E-state index in [1.165, 1.54) is 6.07 Å². The second-order valence-electron chi connectivity index (χ2n) is 5.69. The summed E-state index contributed by atoms with van der Waals surface area (Å²) in [5, 5.41) is 14.7. The monoisotopic (exact) mass is 294 g/mol. The molecule has 0 radical (unpaired) electrons. The number of nitrogens with one attached hydrogen (secondary N) is 2. The third-order valence-corrected chi connectivity index (χ3v) is 4.20. The maximum atomic E-state index is 13.6. The van der Waals surface area contributed by atoms with E-state index < -0.39 is 22.8 Å². The summed E-state index contributed by atoms with van der Waals surface area (Å²) in [4.78, 5) is 23.3. The molecule has 1 aliphatic rings. The van der Waals surface area contributed by atoms with Gasteiger partial charge in [-0.3, -0.25) is 4.79 Å². The number of carbonyl (C=O) groups is 2. The molecule has 6 heteroatoms. The van der Waals surface area contributed by atoms with E-state index in [0.29, 0.717) is 6.54 Å². The molecular formula is C15H19FN2O3. The van der Waals surface area contributed by atoms with E-state index in [0.717, 1.165) is 25.1 Å². The van der Waals surface area contributed by atoms with Crippen molar-refractivity contribution in [3.8, 4) is 0 Å². The SMILES string of the molecule is CC(C)C1(C(=O)Nc2ccc(C(=O)O)c(F)c2)CCNC1. The average molecular weight is 294 g/mol. The predicted octanol–water partition coefficient (Wildman–Crippen LogP) is 2.10. The highest BCUT2D eigenvalue weighted by molar-refractivity contribution is 5.96. The number of aromatic carboxylic acids is 1. The molecule has 21 heavy (non-hydrogen) atoms. The van der Waals surface area contributed by atoms with Crippen LogP contribution in [0.4, 0.5) is 10.1 Å². The Morgan fingerprint density at radius 2 is 2.14 bits per heavy atom. The summed E-state index contributed by atoms with van der Waals surface area (Å²) >= 11 is 0. The van der Waals surface area contributed by atoms with Gasteiger partial charge in [-0.1, -0.05) is 13.8 Å². The molecule has 2 rings (SSSR count). The van der Waals surface area contributed by atoms with Gasteiger partial charge in [0, 0.05) is 12.2 Å². The van der Waals surface area contributed by atoms with Crippen molar-refractivity contribution in [3.05, 3.63) is 29.6 Å². The van der Waals surface area contributed by atoms with Crippen molar-refractivity contribution in [2.75, 3.05) is 18.4 Å². The third kappa shape index (κ3) is 2.90. The normalized spacial score (nSPS) is 21.5. The van der Waals surface area contributed by atoms with Crippen molar-refractivity contribution in [3.63, 3.8) is 0 Å². The van der Waals surface area contributed by atoms with Gasteiger partial charge in [0.1, 0.15) is 5.82 Å². The Bertz CT molecular complexity index is 566. The minimum atomic E-state index is -1.33. The summed E-state index contributed by atoms with van der Waals surface area (Å²) < 4.78 is 13.6. The van der Waals surface area contributed by atoms with Crippen LogP contribution in [-0.2, 0) is 4.79 Å². The van der Waals surface area contributed by atoms with Gasteiger partial charge in [0.15, 0.2) is 0 Å². The van der Waals surface area contributed by atoms with Gasteiger partial charge in [-0.25, -0.2) is 9.18 Å². The van der Waals surface area contributed by atoms with E-state index in [1.807, 2.05) is 13.8 Å². The highest BCUT2D eigenvalue weighted by Gasteiger charge is 2.43. The zero-order chi connectivity index (χ0) is 15.6. The summed E-state index contributed by atoms with van der Waals surface area (Å²) in [6, 6.07) is 3.60.